The molecule has 1 aromatic carbocycles. The van der Waals surface area contributed by atoms with Crippen LogP contribution >= 0.6 is 0 Å². The third-order valence-corrected chi connectivity index (χ3v) is 3.44. The summed E-state index contributed by atoms with van der Waals surface area (Å²) in [6.07, 6.45) is 1.16. The molecule has 1 saturated heterocycles. The van der Waals surface area contributed by atoms with E-state index in [-0.39, 0.29) is 11.5 Å². The van der Waals surface area contributed by atoms with E-state index in [4.69, 9.17) is 9.68 Å². The second-order valence-corrected chi connectivity index (χ2v) is 4.90. The van der Waals surface area contributed by atoms with E-state index in [0.29, 0.717) is 6.61 Å². The number of benzene rings is 1. The van der Waals surface area contributed by atoms with Crippen LogP contribution in [0.2, 0.25) is 0 Å². The van der Waals surface area contributed by atoms with Crippen LogP contribution < -0.4 is 5.64 Å². The van der Waals surface area contributed by atoms with Crippen LogP contribution in [0.25, 0.3) is 0 Å². The van der Waals surface area contributed by atoms with E-state index in [1.165, 1.54) is 16.7 Å². The van der Waals surface area contributed by atoms with Gasteiger partial charge in [-0.2, -0.15) is 0 Å². The Hall–Kier alpha value is -0.900. The number of hydrogen-bond acceptors (Lipinski definition) is 3. The Kier molecular flexibility index (Phi) is 1.89. The van der Waals surface area contributed by atoms with Crippen molar-refractivity contribution in [1.82, 2.24) is 5.64 Å². The summed E-state index contributed by atoms with van der Waals surface area (Å²) in [5.74, 6) is 0. The number of hydrogen-bond donors (Lipinski definition) is 1. The standard InChI is InChI=1S/C12H15NO2/c1-8-3-4-10-9(5-8)6-12(2)7-14-13-15-11(10)12/h3-5,11,13H,6-7H2,1-2H3/t11-,12-/m1/s1. The first-order valence-corrected chi connectivity index (χ1v) is 5.31. The van der Waals surface area contributed by atoms with Crippen molar-refractivity contribution in [2.75, 3.05) is 6.61 Å². The van der Waals surface area contributed by atoms with Crippen LogP contribution in [0.3, 0.4) is 0 Å². The van der Waals surface area contributed by atoms with Gasteiger partial charge in [-0.25, -0.2) is 0 Å². The average molecular weight is 205 g/mol. The van der Waals surface area contributed by atoms with Crippen molar-refractivity contribution >= 4 is 0 Å². The molecule has 0 aromatic heterocycles. The molecule has 1 aromatic rings. The first-order chi connectivity index (χ1) is 7.19. The first-order valence-electron chi connectivity index (χ1n) is 5.31. The highest BCUT2D eigenvalue weighted by Crippen LogP contribution is 2.48. The maximum atomic E-state index is 5.50. The second-order valence-electron chi connectivity index (χ2n) is 4.90. The van der Waals surface area contributed by atoms with Crippen LogP contribution in [-0.4, -0.2) is 6.61 Å². The molecule has 2 atom stereocenters. The van der Waals surface area contributed by atoms with Gasteiger partial charge in [0, 0.05) is 5.41 Å². The van der Waals surface area contributed by atoms with Gasteiger partial charge in [-0.15, -0.1) is 0 Å². The van der Waals surface area contributed by atoms with E-state index in [9.17, 15) is 0 Å². The molecule has 0 spiro atoms. The Morgan fingerprint density at radius 3 is 3.20 bits per heavy atom. The zero-order chi connectivity index (χ0) is 10.5. The third-order valence-electron chi connectivity index (χ3n) is 3.44. The maximum absolute atomic E-state index is 5.50. The van der Waals surface area contributed by atoms with Crippen molar-refractivity contribution in [2.24, 2.45) is 5.41 Å². The van der Waals surface area contributed by atoms with Gasteiger partial charge in [-0.05, 0) is 24.5 Å². The molecule has 0 amide bonds. The molecule has 0 saturated carbocycles. The number of nitrogens with one attached hydrogen (secondary N) is 1. The summed E-state index contributed by atoms with van der Waals surface area (Å²) in [6.45, 7) is 5.04. The molecule has 2 aliphatic rings. The molecule has 1 aliphatic carbocycles. The molecule has 1 fully saturated rings. The van der Waals surface area contributed by atoms with Crippen LogP contribution in [0.1, 0.15) is 29.7 Å². The summed E-state index contributed by atoms with van der Waals surface area (Å²) in [5, 5.41) is 0. The average Bonchev–Trinajstić information content (AvgIpc) is 2.48. The minimum atomic E-state index is 0.0847. The molecule has 80 valence electrons. The van der Waals surface area contributed by atoms with E-state index in [1.54, 1.807) is 0 Å². The van der Waals surface area contributed by atoms with Crippen molar-refractivity contribution in [3.63, 3.8) is 0 Å². The largest absolute Gasteiger partial charge is 0.276 e. The smallest absolute Gasteiger partial charge is 0.115 e. The van der Waals surface area contributed by atoms with Gasteiger partial charge in [-0.1, -0.05) is 36.3 Å². The van der Waals surface area contributed by atoms with Crippen LogP contribution in [0.15, 0.2) is 18.2 Å². The predicted octanol–water partition coefficient (Wildman–Crippen LogP) is 2.06. The van der Waals surface area contributed by atoms with Gasteiger partial charge in [0.2, 0.25) is 0 Å². The zero-order valence-corrected chi connectivity index (χ0v) is 9.04. The Morgan fingerprint density at radius 1 is 1.47 bits per heavy atom. The predicted molar refractivity (Wildman–Crippen MR) is 55.9 cm³/mol. The van der Waals surface area contributed by atoms with Gasteiger partial charge in [0.25, 0.3) is 0 Å². The summed E-state index contributed by atoms with van der Waals surface area (Å²) >= 11 is 0. The van der Waals surface area contributed by atoms with Crippen LogP contribution in [-0.2, 0) is 16.1 Å². The SMILES string of the molecule is Cc1ccc2c(c1)C[C@]1(C)CONO[C@H]21. The zero-order valence-electron chi connectivity index (χ0n) is 9.04. The quantitative estimate of drug-likeness (QED) is 0.703. The van der Waals surface area contributed by atoms with Gasteiger partial charge >= 0.3 is 0 Å². The first kappa shape index (κ1) is 9.33. The Balaban J connectivity index is 2.07. The highest BCUT2D eigenvalue weighted by molar-refractivity contribution is 5.39. The Labute approximate surface area is 89.3 Å². The van der Waals surface area contributed by atoms with Crippen LogP contribution in [0, 0.1) is 12.3 Å². The minimum Gasteiger partial charge on any atom is -0.276 e. The fourth-order valence-corrected chi connectivity index (χ4v) is 2.66. The number of aryl methyl sites for hydroxylation is 1. The topological polar surface area (TPSA) is 30.5 Å². The lowest BCUT2D eigenvalue weighted by atomic mass is 9.85. The van der Waals surface area contributed by atoms with Crippen molar-refractivity contribution in [3.05, 3.63) is 34.9 Å². The fourth-order valence-electron chi connectivity index (χ4n) is 2.66. The lowest BCUT2D eigenvalue weighted by Gasteiger charge is -2.35. The minimum absolute atomic E-state index is 0.0847. The van der Waals surface area contributed by atoms with Crippen molar-refractivity contribution < 1.29 is 9.68 Å². The molecule has 1 heterocycles. The number of fused-ring (bicyclic) bond motifs is 3. The highest BCUT2D eigenvalue weighted by Gasteiger charge is 2.46. The van der Waals surface area contributed by atoms with Gasteiger partial charge in [0.15, 0.2) is 0 Å². The number of rotatable bonds is 0. The van der Waals surface area contributed by atoms with E-state index < -0.39 is 0 Å². The normalized spacial score (nSPS) is 33.6. The van der Waals surface area contributed by atoms with Crippen LogP contribution in [0.4, 0.5) is 0 Å². The molecule has 0 unspecified atom stereocenters. The Bertz CT molecular complexity index is 405. The van der Waals surface area contributed by atoms with Crippen LogP contribution in [0.5, 0.6) is 0 Å². The lowest BCUT2D eigenvalue weighted by Crippen LogP contribution is -2.40. The summed E-state index contributed by atoms with van der Waals surface area (Å²) in [5.41, 5.74) is 6.63. The maximum Gasteiger partial charge on any atom is 0.115 e. The molecule has 15 heavy (non-hydrogen) atoms. The molecule has 0 radical (unpaired) electrons. The molecular weight excluding hydrogens is 190 g/mol. The Morgan fingerprint density at radius 2 is 2.33 bits per heavy atom. The molecule has 1 N–H and O–H groups in total. The molecule has 3 rings (SSSR count). The van der Waals surface area contributed by atoms with E-state index in [0.717, 1.165) is 6.42 Å². The fraction of sp³-hybridized carbons (Fsp3) is 0.500. The summed E-state index contributed by atoms with van der Waals surface area (Å²) in [4.78, 5) is 10.7. The van der Waals surface area contributed by atoms with Gasteiger partial charge < -0.3 is 0 Å². The van der Waals surface area contributed by atoms with E-state index in [1.807, 2.05) is 0 Å². The molecular formula is C12H15NO2. The second kappa shape index (κ2) is 3.04. The molecule has 3 heteroatoms. The molecule has 1 aliphatic heterocycles. The monoisotopic (exact) mass is 205 g/mol. The van der Waals surface area contributed by atoms with E-state index in [2.05, 4.69) is 37.7 Å². The van der Waals surface area contributed by atoms with E-state index >= 15 is 0 Å². The van der Waals surface area contributed by atoms with Crippen molar-refractivity contribution in [3.8, 4) is 0 Å². The van der Waals surface area contributed by atoms with Gasteiger partial charge in [0.1, 0.15) is 6.10 Å². The highest BCUT2D eigenvalue weighted by atomic mass is 16.9. The summed E-state index contributed by atoms with van der Waals surface area (Å²) in [6, 6.07) is 6.57. The summed E-state index contributed by atoms with van der Waals surface area (Å²) < 4.78 is 0. The third kappa shape index (κ3) is 1.31. The van der Waals surface area contributed by atoms with Gasteiger partial charge in [0.05, 0.1) is 6.61 Å². The summed E-state index contributed by atoms with van der Waals surface area (Å²) in [7, 11) is 0. The van der Waals surface area contributed by atoms with Crippen molar-refractivity contribution in [1.29, 1.82) is 0 Å². The lowest BCUT2D eigenvalue weighted by molar-refractivity contribution is -0.286. The molecule has 3 nitrogen and oxygen atoms in total. The molecule has 0 bridgehead atoms. The van der Waals surface area contributed by atoms with Crippen molar-refractivity contribution in [2.45, 2.75) is 26.4 Å². The van der Waals surface area contributed by atoms with Gasteiger partial charge in [-0.3, -0.25) is 9.68 Å².